The van der Waals surface area contributed by atoms with Crippen molar-refractivity contribution in [3.63, 3.8) is 0 Å². The quantitative estimate of drug-likeness (QED) is 0.937. The van der Waals surface area contributed by atoms with E-state index in [0.717, 1.165) is 19.3 Å². The molecule has 6 nitrogen and oxygen atoms in total. The molecule has 1 saturated heterocycles. The second-order valence-corrected chi connectivity index (χ2v) is 7.06. The zero-order valence-electron chi connectivity index (χ0n) is 11.6. The van der Waals surface area contributed by atoms with E-state index in [1.165, 1.54) is 22.3 Å². The number of pyridine rings is 1. The van der Waals surface area contributed by atoms with Gasteiger partial charge >= 0.3 is 0 Å². The average Bonchev–Trinajstić information content (AvgIpc) is 2.93. The summed E-state index contributed by atoms with van der Waals surface area (Å²) in [5.41, 5.74) is 1.24. The maximum absolute atomic E-state index is 12.5. The predicted molar refractivity (Wildman–Crippen MR) is 78.2 cm³/mol. The molecule has 1 aliphatic rings. The van der Waals surface area contributed by atoms with Crippen molar-refractivity contribution in [2.75, 3.05) is 13.1 Å². The minimum atomic E-state index is -3.49. The highest BCUT2D eigenvalue weighted by Gasteiger charge is 2.29. The Morgan fingerprint density at radius 3 is 2.67 bits per heavy atom. The number of nitrogens with zero attached hydrogens (tertiary/aromatic N) is 3. The Morgan fingerprint density at radius 1 is 1.14 bits per heavy atom. The van der Waals surface area contributed by atoms with E-state index in [0.29, 0.717) is 19.0 Å². The fourth-order valence-corrected chi connectivity index (χ4v) is 4.16. The van der Waals surface area contributed by atoms with Gasteiger partial charge in [-0.05, 0) is 42.9 Å². The Labute approximate surface area is 124 Å². The van der Waals surface area contributed by atoms with E-state index in [1.807, 2.05) is 12.1 Å². The van der Waals surface area contributed by atoms with Crippen molar-refractivity contribution in [2.45, 2.75) is 30.3 Å². The molecule has 21 heavy (non-hydrogen) atoms. The molecule has 1 unspecified atom stereocenters. The van der Waals surface area contributed by atoms with Gasteiger partial charge in [-0.25, -0.2) is 13.4 Å². The van der Waals surface area contributed by atoms with Crippen LogP contribution in [0.3, 0.4) is 0 Å². The summed E-state index contributed by atoms with van der Waals surface area (Å²) in [5.74, 6) is 0.393. The Hall–Kier alpha value is -1.73. The zero-order valence-corrected chi connectivity index (χ0v) is 12.5. The second-order valence-electron chi connectivity index (χ2n) is 5.21. The molecule has 0 amide bonds. The van der Waals surface area contributed by atoms with Gasteiger partial charge in [0.1, 0.15) is 0 Å². The van der Waals surface area contributed by atoms with Crippen LogP contribution in [0, 0.1) is 0 Å². The largest absolute Gasteiger partial charge is 0.334 e. The van der Waals surface area contributed by atoms with Crippen molar-refractivity contribution in [2.24, 2.45) is 0 Å². The smallest absolute Gasteiger partial charge is 0.276 e. The molecule has 1 fully saturated rings. The molecule has 3 rings (SSSR count). The normalized spacial score (nSPS) is 21.0. The fraction of sp³-hybridized carbons (Fsp3) is 0.429. The van der Waals surface area contributed by atoms with Crippen molar-refractivity contribution < 1.29 is 8.42 Å². The topological polar surface area (TPSA) is 79.0 Å². The molecule has 1 aliphatic heterocycles. The fourth-order valence-electron chi connectivity index (χ4n) is 2.79. The lowest BCUT2D eigenvalue weighted by molar-refractivity contribution is 0.417. The van der Waals surface area contributed by atoms with Gasteiger partial charge in [0, 0.05) is 37.9 Å². The summed E-state index contributed by atoms with van der Waals surface area (Å²) in [6.45, 7) is 1.07. The Kier molecular flexibility index (Phi) is 4.03. The van der Waals surface area contributed by atoms with Crippen molar-refractivity contribution in [1.82, 2.24) is 19.3 Å². The van der Waals surface area contributed by atoms with Crippen LogP contribution in [0.2, 0.25) is 0 Å². The first-order chi connectivity index (χ1) is 10.2. The summed E-state index contributed by atoms with van der Waals surface area (Å²) in [5, 5.41) is 0.0323. The lowest BCUT2D eigenvalue weighted by Gasteiger charge is -2.18. The van der Waals surface area contributed by atoms with Crippen molar-refractivity contribution in [1.29, 1.82) is 0 Å². The highest BCUT2D eigenvalue weighted by atomic mass is 32.2. The van der Waals surface area contributed by atoms with Gasteiger partial charge in [0.15, 0.2) is 0 Å². The number of hydrogen-bond acceptors (Lipinski definition) is 4. The number of H-pyrrole nitrogens is 1. The average molecular weight is 306 g/mol. The third-order valence-corrected chi connectivity index (χ3v) is 5.68. The molecule has 112 valence electrons. The van der Waals surface area contributed by atoms with E-state index in [1.54, 1.807) is 12.4 Å². The molecule has 7 heteroatoms. The summed E-state index contributed by atoms with van der Waals surface area (Å²) in [6.07, 6.45) is 9.25. The van der Waals surface area contributed by atoms with Crippen LogP contribution in [0.15, 0.2) is 42.1 Å². The van der Waals surface area contributed by atoms with E-state index >= 15 is 0 Å². The highest BCUT2D eigenvalue weighted by Crippen LogP contribution is 2.29. The van der Waals surface area contributed by atoms with Gasteiger partial charge in [-0.15, -0.1) is 0 Å². The van der Waals surface area contributed by atoms with Crippen LogP contribution in [0.5, 0.6) is 0 Å². The van der Waals surface area contributed by atoms with Crippen molar-refractivity contribution in [3.8, 4) is 0 Å². The first kappa shape index (κ1) is 14.2. The molecule has 2 aromatic heterocycles. The van der Waals surface area contributed by atoms with E-state index in [-0.39, 0.29) is 5.16 Å². The first-order valence-electron chi connectivity index (χ1n) is 7.07. The number of imidazole rings is 1. The molecule has 3 heterocycles. The van der Waals surface area contributed by atoms with Gasteiger partial charge in [0.2, 0.25) is 5.16 Å². The molecular weight excluding hydrogens is 288 g/mol. The van der Waals surface area contributed by atoms with Crippen LogP contribution >= 0.6 is 0 Å². The molecule has 0 spiro atoms. The van der Waals surface area contributed by atoms with E-state index < -0.39 is 10.0 Å². The number of nitrogens with one attached hydrogen (secondary N) is 1. The summed E-state index contributed by atoms with van der Waals surface area (Å²) in [6, 6.07) is 4.03. The van der Waals surface area contributed by atoms with Crippen molar-refractivity contribution in [3.05, 3.63) is 42.5 Å². The number of aromatic nitrogens is 3. The summed E-state index contributed by atoms with van der Waals surface area (Å²) < 4.78 is 26.5. The Morgan fingerprint density at radius 2 is 1.95 bits per heavy atom. The summed E-state index contributed by atoms with van der Waals surface area (Å²) in [7, 11) is -3.49. The zero-order chi connectivity index (χ0) is 14.7. The van der Waals surface area contributed by atoms with Gasteiger partial charge in [-0.3, -0.25) is 4.98 Å². The molecule has 0 aliphatic carbocycles. The minimum absolute atomic E-state index is 0.0323. The van der Waals surface area contributed by atoms with Gasteiger partial charge in [-0.1, -0.05) is 0 Å². The Balaban J connectivity index is 1.75. The molecule has 0 radical (unpaired) electrons. The number of hydrogen-bond donors (Lipinski definition) is 1. The van der Waals surface area contributed by atoms with Crippen molar-refractivity contribution >= 4 is 10.0 Å². The lowest BCUT2D eigenvalue weighted by atomic mass is 9.93. The van der Waals surface area contributed by atoms with E-state index in [2.05, 4.69) is 15.0 Å². The molecular formula is C14H18N4O2S. The van der Waals surface area contributed by atoms with Crippen LogP contribution in [0.25, 0.3) is 0 Å². The number of sulfonamides is 1. The standard InChI is InChI=1S/C14H18N4O2S/c19-21(20,14-16-8-9-17-14)18-10-1-2-12(5-11-18)13-3-6-15-7-4-13/h3-4,6-9,12H,1-2,5,10-11H2,(H,16,17). The van der Waals surface area contributed by atoms with Crippen LogP contribution in [0.1, 0.15) is 30.7 Å². The maximum atomic E-state index is 12.5. The first-order valence-corrected chi connectivity index (χ1v) is 8.51. The monoisotopic (exact) mass is 306 g/mol. The third-order valence-electron chi connectivity index (χ3n) is 3.92. The lowest BCUT2D eigenvalue weighted by Crippen LogP contribution is -2.32. The molecule has 0 saturated carbocycles. The third kappa shape index (κ3) is 2.98. The Bertz CT molecular complexity index is 670. The van der Waals surface area contributed by atoms with Crippen LogP contribution < -0.4 is 0 Å². The highest BCUT2D eigenvalue weighted by molar-refractivity contribution is 7.88. The van der Waals surface area contributed by atoms with Gasteiger partial charge < -0.3 is 4.98 Å². The second kappa shape index (κ2) is 5.95. The molecule has 1 N–H and O–H groups in total. The van der Waals surface area contributed by atoms with Gasteiger partial charge in [0.05, 0.1) is 0 Å². The number of rotatable bonds is 3. The molecule has 0 bridgehead atoms. The molecule has 0 aromatic carbocycles. The molecule has 2 aromatic rings. The molecule has 1 atom stereocenters. The van der Waals surface area contributed by atoms with Gasteiger partial charge in [0.25, 0.3) is 10.0 Å². The summed E-state index contributed by atoms with van der Waals surface area (Å²) in [4.78, 5) is 10.6. The predicted octanol–water partition coefficient (Wildman–Crippen LogP) is 1.76. The SMILES string of the molecule is O=S(=O)(c1ncc[nH]1)N1CCCC(c2ccncc2)CC1. The minimum Gasteiger partial charge on any atom is -0.334 e. The van der Waals surface area contributed by atoms with Gasteiger partial charge in [-0.2, -0.15) is 4.31 Å². The van der Waals surface area contributed by atoms with Crippen LogP contribution in [-0.2, 0) is 10.0 Å². The number of aromatic amines is 1. The maximum Gasteiger partial charge on any atom is 0.276 e. The summed E-state index contributed by atoms with van der Waals surface area (Å²) >= 11 is 0. The van der Waals surface area contributed by atoms with E-state index in [4.69, 9.17) is 0 Å². The van der Waals surface area contributed by atoms with E-state index in [9.17, 15) is 8.42 Å². The van der Waals surface area contributed by atoms with Crippen LogP contribution in [-0.4, -0.2) is 40.8 Å². The van der Waals surface area contributed by atoms with Crippen LogP contribution in [0.4, 0.5) is 0 Å².